The summed E-state index contributed by atoms with van der Waals surface area (Å²) in [5.74, 6) is -1.00. The molecule has 1 aliphatic rings. The van der Waals surface area contributed by atoms with Crippen molar-refractivity contribution >= 4 is 17.6 Å². The molecule has 1 aromatic heterocycles. The van der Waals surface area contributed by atoms with Crippen molar-refractivity contribution in [3.63, 3.8) is 0 Å². The second-order valence-electron chi connectivity index (χ2n) is 5.25. The molecule has 0 fully saturated rings. The molecule has 0 saturated heterocycles. The van der Waals surface area contributed by atoms with Gasteiger partial charge in [0, 0.05) is 11.2 Å². The number of fused-ring (bicyclic) bond motifs is 1. The van der Waals surface area contributed by atoms with Crippen LogP contribution in [0.1, 0.15) is 23.2 Å². The van der Waals surface area contributed by atoms with Crippen LogP contribution < -0.4 is 0 Å². The van der Waals surface area contributed by atoms with E-state index in [-0.39, 0.29) is 5.92 Å². The Bertz CT molecular complexity index is 679. The first-order chi connectivity index (χ1) is 9.54. The average Bonchev–Trinajstić information content (AvgIpc) is 2.80. The largest absolute Gasteiger partial charge is 0.481 e. The first kappa shape index (κ1) is 13.2. The van der Waals surface area contributed by atoms with Gasteiger partial charge in [-0.2, -0.15) is 5.10 Å². The predicted octanol–water partition coefficient (Wildman–Crippen LogP) is 3.02. The second kappa shape index (κ2) is 4.94. The number of benzene rings is 1. The molecule has 0 bridgehead atoms. The third-order valence-electron chi connectivity index (χ3n) is 3.83. The standard InChI is InChI=1S/C15H15ClN2O2/c1-9-6-12(16)3-5-14(9)18-8-11-7-10(15(19)20)2-4-13(11)17-18/h3,5-6,8,10H,2,4,7H2,1H3,(H,19,20). The summed E-state index contributed by atoms with van der Waals surface area (Å²) in [6, 6.07) is 5.67. The third-order valence-corrected chi connectivity index (χ3v) is 4.06. The molecule has 2 aromatic rings. The minimum Gasteiger partial charge on any atom is -0.481 e. The van der Waals surface area contributed by atoms with Gasteiger partial charge in [0.25, 0.3) is 0 Å². The van der Waals surface area contributed by atoms with Gasteiger partial charge in [-0.25, -0.2) is 4.68 Å². The fourth-order valence-electron chi connectivity index (χ4n) is 2.71. The molecule has 1 aliphatic carbocycles. The molecule has 20 heavy (non-hydrogen) atoms. The molecule has 4 nitrogen and oxygen atoms in total. The highest BCUT2D eigenvalue weighted by Gasteiger charge is 2.26. The SMILES string of the molecule is Cc1cc(Cl)ccc1-n1cc2c(n1)CCC(C(=O)O)C2. The maximum atomic E-state index is 11.1. The van der Waals surface area contributed by atoms with Gasteiger partial charge in [-0.1, -0.05) is 11.6 Å². The van der Waals surface area contributed by atoms with Crippen molar-refractivity contribution in [1.29, 1.82) is 0 Å². The lowest BCUT2D eigenvalue weighted by Gasteiger charge is -2.16. The predicted molar refractivity (Wildman–Crippen MR) is 76.5 cm³/mol. The number of hydrogen-bond acceptors (Lipinski definition) is 2. The van der Waals surface area contributed by atoms with Crippen LogP contribution in [0.3, 0.4) is 0 Å². The van der Waals surface area contributed by atoms with Crippen LogP contribution >= 0.6 is 11.6 Å². The van der Waals surface area contributed by atoms with Crippen molar-refractivity contribution in [2.45, 2.75) is 26.2 Å². The van der Waals surface area contributed by atoms with Crippen molar-refractivity contribution < 1.29 is 9.90 Å². The topological polar surface area (TPSA) is 55.1 Å². The van der Waals surface area contributed by atoms with E-state index in [0.29, 0.717) is 17.9 Å². The maximum Gasteiger partial charge on any atom is 0.306 e. The van der Waals surface area contributed by atoms with Gasteiger partial charge in [0.15, 0.2) is 0 Å². The number of aryl methyl sites for hydroxylation is 2. The molecule has 1 heterocycles. The highest BCUT2D eigenvalue weighted by Crippen LogP contribution is 2.27. The number of nitrogens with zero attached hydrogens (tertiary/aromatic N) is 2. The lowest BCUT2D eigenvalue weighted by atomic mass is 9.88. The molecule has 3 rings (SSSR count). The van der Waals surface area contributed by atoms with Crippen molar-refractivity contribution in [3.05, 3.63) is 46.2 Å². The minimum atomic E-state index is -0.717. The van der Waals surface area contributed by atoms with E-state index in [4.69, 9.17) is 16.7 Å². The number of aromatic nitrogens is 2. The van der Waals surface area contributed by atoms with Crippen molar-refractivity contribution in [1.82, 2.24) is 9.78 Å². The zero-order valence-corrected chi connectivity index (χ0v) is 11.9. The first-order valence-electron chi connectivity index (χ1n) is 6.61. The molecule has 1 N–H and O–H groups in total. The van der Waals surface area contributed by atoms with E-state index < -0.39 is 5.97 Å². The van der Waals surface area contributed by atoms with Crippen LogP contribution in [0, 0.1) is 12.8 Å². The smallest absolute Gasteiger partial charge is 0.306 e. The third kappa shape index (κ3) is 2.31. The Balaban J connectivity index is 1.96. The Labute approximate surface area is 122 Å². The summed E-state index contributed by atoms with van der Waals surface area (Å²) < 4.78 is 1.83. The lowest BCUT2D eigenvalue weighted by molar-refractivity contribution is -0.142. The van der Waals surface area contributed by atoms with Gasteiger partial charge in [-0.3, -0.25) is 4.79 Å². The van der Waals surface area contributed by atoms with Gasteiger partial charge < -0.3 is 5.11 Å². The van der Waals surface area contributed by atoms with Gasteiger partial charge in [0.2, 0.25) is 0 Å². The second-order valence-corrected chi connectivity index (χ2v) is 5.69. The number of carboxylic acid groups (broad SMARTS) is 1. The Morgan fingerprint density at radius 3 is 3.00 bits per heavy atom. The number of rotatable bonds is 2. The molecule has 0 spiro atoms. The zero-order chi connectivity index (χ0) is 14.3. The quantitative estimate of drug-likeness (QED) is 0.925. The van der Waals surface area contributed by atoms with E-state index in [0.717, 1.165) is 28.9 Å². The molecule has 1 aromatic carbocycles. The van der Waals surface area contributed by atoms with E-state index in [1.54, 1.807) is 0 Å². The molecule has 104 valence electrons. The molecule has 5 heteroatoms. The molecule has 1 unspecified atom stereocenters. The van der Waals surface area contributed by atoms with Gasteiger partial charge in [0.1, 0.15) is 0 Å². The monoisotopic (exact) mass is 290 g/mol. The van der Waals surface area contributed by atoms with Crippen molar-refractivity contribution in [2.75, 3.05) is 0 Å². The van der Waals surface area contributed by atoms with Crippen molar-refractivity contribution in [2.24, 2.45) is 5.92 Å². The average molecular weight is 291 g/mol. The van der Waals surface area contributed by atoms with Crippen LogP contribution in [-0.4, -0.2) is 20.9 Å². The van der Waals surface area contributed by atoms with Gasteiger partial charge in [0.05, 0.1) is 17.3 Å². The summed E-state index contributed by atoms with van der Waals surface area (Å²) in [6.45, 7) is 1.99. The lowest BCUT2D eigenvalue weighted by Crippen LogP contribution is -2.21. The summed E-state index contributed by atoms with van der Waals surface area (Å²) in [5.41, 5.74) is 4.08. The van der Waals surface area contributed by atoms with E-state index in [2.05, 4.69) is 5.10 Å². The number of aliphatic carboxylic acids is 1. The van der Waals surface area contributed by atoms with Crippen LogP contribution in [0.2, 0.25) is 5.02 Å². The van der Waals surface area contributed by atoms with Crippen LogP contribution in [0.5, 0.6) is 0 Å². The summed E-state index contributed by atoms with van der Waals surface area (Å²) in [4.78, 5) is 11.1. The highest BCUT2D eigenvalue weighted by molar-refractivity contribution is 6.30. The summed E-state index contributed by atoms with van der Waals surface area (Å²) >= 11 is 5.96. The van der Waals surface area contributed by atoms with E-state index in [1.165, 1.54) is 0 Å². The first-order valence-corrected chi connectivity index (χ1v) is 6.99. The van der Waals surface area contributed by atoms with E-state index in [1.807, 2.05) is 36.0 Å². The molecule has 0 radical (unpaired) electrons. The van der Waals surface area contributed by atoms with E-state index >= 15 is 0 Å². The summed E-state index contributed by atoms with van der Waals surface area (Å²) in [5, 5.41) is 14.4. The summed E-state index contributed by atoms with van der Waals surface area (Å²) in [7, 11) is 0. The van der Waals surface area contributed by atoms with Gasteiger partial charge >= 0.3 is 5.97 Å². The Morgan fingerprint density at radius 1 is 1.50 bits per heavy atom. The highest BCUT2D eigenvalue weighted by atomic mass is 35.5. The Hall–Kier alpha value is -1.81. The maximum absolute atomic E-state index is 11.1. The zero-order valence-electron chi connectivity index (χ0n) is 11.1. The number of carbonyl (C=O) groups is 1. The van der Waals surface area contributed by atoms with Crippen LogP contribution in [0.15, 0.2) is 24.4 Å². The fourth-order valence-corrected chi connectivity index (χ4v) is 2.94. The molecule has 0 amide bonds. The molecular formula is C15H15ClN2O2. The number of halogens is 1. The van der Waals surface area contributed by atoms with Crippen LogP contribution in [-0.2, 0) is 17.6 Å². The van der Waals surface area contributed by atoms with Gasteiger partial charge in [-0.05, 0) is 55.5 Å². The molecule has 0 saturated carbocycles. The van der Waals surface area contributed by atoms with E-state index in [9.17, 15) is 4.79 Å². The molecule has 1 atom stereocenters. The van der Waals surface area contributed by atoms with Crippen molar-refractivity contribution in [3.8, 4) is 5.69 Å². The van der Waals surface area contributed by atoms with Crippen LogP contribution in [0.4, 0.5) is 0 Å². The Kier molecular flexibility index (Phi) is 3.26. The Morgan fingerprint density at radius 2 is 2.30 bits per heavy atom. The molecule has 0 aliphatic heterocycles. The van der Waals surface area contributed by atoms with Crippen LogP contribution in [0.25, 0.3) is 5.69 Å². The summed E-state index contributed by atoms with van der Waals surface area (Å²) in [6.07, 6.45) is 3.91. The normalized spacial score (nSPS) is 17.8. The fraction of sp³-hybridized carbons (Fsp3) is 0.333. The van der Waals surface area contributed by atoms with Gasteiger partial charge in [-0.15, -0.1) is 0 Å². The minimum absolute atomic E-state index is 0.286. The number of carboxylic acids is 1. The number of hydrogen-bond donors (Lipinski definition) is 1. The molecular weight excluding hydrogens is 276 g/mol.